The van der Waals surface area contributed by atoms with Crippen molar-refractivity contribution in [2.24, 2.45) is 0 Å². The standard InChI is InChI=1S/C14H17N2S/c1-2-6-14-13(5-1)12(9-15-14)10-17-11-16-7-3-4-8-16/h1-2,5-6,9,11,15H,3-4,7-8,10H2/q+1. The summed E-state index contributed by atoms with van der Waals surface area (Å²) in [6.07, 6.45) is 4.84. The maximum atomic E-state index is 3.33. The highest BCUT2D eigenvalue weighted by Gasteiger charge is 2.12. The second-order valence-corrected chi connectivity index (χ2v) is 5.35. The predicted octanol–water partition coefficient (Wildman–Crippen LogP) is 3.24. The second kappa shape index (κ2) is 4.96. The molecule has 3 heteroatoms. The molecule has 88 valence electrons. The van der Waals surface area contributed by atoms with Gasteiger partial charge in [-0.15, -0.1) is 0 Å². The van der Waals surface area contributed by atoms with Crippen LogP contribution in [-0.2, 0) is 5.75 Å². The van der Waals surface area contributed by atoms with E-state index in [4.69, 9.17) is 0 Å². The predicted molar refractivity (Wildman–Crippen MR) is 74.9 cm³/mol. The van der Waals surface area contributed by atoms with E-state index in [9.17, 15) is 0 Å². The summed E-state index contributed by atoms with van der Waals surface area (Å²) in [7, 11) is 0. The van der Waals surface area contributed by atoms with Gasteiger partial charge in [0.05, 0.1) is 0 Å². The van der Waals surface area contributed by atoms with Crippen molar-refractivity contribution in [2.45, 2.75) is 18.6 Å². The largest absolute Gasteiger partial charge is 0.361 e. The van der Waals surface area contributed by atoms with Gasteiger partial charge >= 0.3 is 0 Å². The molecule has 1 aromatic carbocycles. The molecule has 0 saturated carbocycles. The lowest BCUT2D eigenvalue weighted by Gasteiger charge is -1.95. The van der Waals surface area contributed by atoms with Crippen LogP contribution in [-0.4, -0.2) is 28.2 Å². The molecule has 3 rings (SSSR count). The van der Waals surface area contributed by atoms with Crippen LogP contribution in [0.4, 0.5) is 0 Å². The van der Waals surface area contributed by atoms with Crippen LogP contribution in [0.25, 0.3) is 10.9 Å². The van der Waals surface area contributed by atoms with Crippen LogP contribution in [0, 0.1) is 0 Å². The van der Waals surface area contributed by atoms with Gasteiger partial charge in [-0.05, 0) is 11.6 Å². The number of aromatic nitrogens is 1. The summed E-state index contributed by atoms with van der Waals surface area (Å²) in [4.78, 5) is 3.33. The van der Waals surface area contributed by atoms with Crippen molar-refractivity contribution in [1.29, 1.82) is 0 Å². The van der Waals surface area contributed by atoms with Crippen LogP contribution in [0.2, 0.25) is 0 Å². The summed E-state index contributed by atoms with van der Waals surface area (Å²) in [6, 6.07) is 8.51. The third-order valence-corrected chi connectivity index (χ3v) is 4.20. The maximum absolute atomic E-state index is 3.33. The van der Waals surface area contributed by atoms with E-state index in [1.807, 2.05) is 11.8 Å². The number of hydrogen-bond donors (Lipinski definition) is 1. The Hall–Kier alpha value is -1.22. The van der Waals surface area contributed by atoms with Crippen LogP contribution in [0.15, 0.2) is 30.5 Å². The van der Waals surface area contributed by atoms with E-state index in [0.717, 1.165) is 5.75 Å². The molecule has 0 amide bonds. The number of para-hydroxylation sites is 1. The minimum atomic E-state index is 1.06. The zero-order chi connectivity index (χ0) is 11.5. The number of hydrogen-bond acceptors (Lipinski definition) is 1. The summed E-state index contributed by atoms with van der Waals surface area (Å²) in [6.45, 7) is 2.47. The van der Waals surface area contributed by atoms with Crippen molar-refractivity contribution in [3.63, 3.8) is 0 Å². The molecule has 0 unspecified atom stereocenters. The summed E-state index contributed by atoms with van der Waals surface area (Å²) >= 11 is 1.90. The van der Waals surface area contributed by atoms with Gasteiger partial charge in [0.15, 0.2) is 5.55 Å². The van der Waals surface area contributed by atoms with Crippen LogP contribution in [0.3, 0.4) is 0 Å². The molecular formula is C14H17N2S+. The van der Waals surface area contributed by atoms with E-state index >= 15 is 0 Å². The minimum Gasteiger partial charge on any atom is -0.361 e. The van der Waals surface area contributed by atoms with Crippen LogP contribution < -0.4 is 0 Å². The first-order valence-corrected chi connectivity index (χ1v) is 7.22. The zero-order valence-electron chi connectivity index (χ0n) is 9.86. The van der Waals surface area contributed by atoms with E-state index in [2.05, 4.69) is 45.6 Å². The number of aromatic amines is 1. The lowest BCUT2D eigenvalue weighted by Crippen LogP contribution is -2.05. The molecule has 0 atom stereocenters. The Morgan fingerprint density at radius 2 is 2.06 bits per heavy atom. The molecule has 2 heterocycles. The molecule has 0 aliphatic carbocycles. The monoisotopic (exact) mass is 245 g/mol. The third kappa shape index (κ3) is 2.39. The second-order valence-electron chi connectivity index (χ2n) is 4.52. The van der Waals surface area contributed by atoms with Gasteiger partial charge < -0.3 is 4.98 Å². The van der Waals surface area contributed by atoms with Crippen molar-refractivity contribution in [3.05, 3.63) is 36.0 Å². The first kappa shape index (κ1) is 10.9. The van der Waals surface area contributed by atoms with Crippen molar-refractivity contribution < 1.29 is 4.58 Å². The van der Waals surface area contributed by atoms with Crippen molar-refractivity contribution in [1.82, 2.24) is 4.98 Å². The average molecular weight is 245 g/mol. The van der Waals surface area contributed by atoms with Gasteiger partial charge in [-0.3, -0.25) is 0 Å². The SMILES string of the molecule is C(SCc1c[nH]c2ccccc12)=[N+]1CCCC1. The average Bonchev–Trinajstić information content (AvgIpc) is 2.99. The van der Waals surface area contributed by atoms with Crippen molar-refractivity contribution in [3.8, 4) is 0 Å². The molecule has 1 fully saturated rings. The first-order chi connectivity index (χ1) is 8.43. The number of fused-ring (bicyclic) bond motifs is 1. The Morgan fingerprint density at radius 3 is 2.94 bits per heavy atom. The quantitative estimate of drug-likeness (QED) is 0.649. The maximum Gasteiger partial charge on any atom is 0.198 e. The fourth-order valence-electron chi connectivity index (χ4n) is 2.33. The summed E-state index contributed by atoms with van der Waals surface area (Å²) < 4.78 is 2.43. The lowest BCUT2D eigenvalue weighted by molar-refractivity contribution is -0.498. The number of nitrogens with zero attached hydrogens (tertiary/aromatic N) is 1. The number of benzene rings is 1. The van der Waals surface area contributed by atoms with Crippen molar-refractivity contribution >= 4 is 28.2 Å². The smallest absolute Gasteiger partial charge is 0.198 e. The highest BCUT2D eigenvalue weighted by molar-refractivity contribution is 8.11. The molecule has 1 saturated heterocycles. The van der Waals surface area contributed by atoms with Crippen LogP contribution in [0.1, 0.15) is 18.4 Å². The molecule has 1 N–H and O–H groups in total. The lowest BCUT2D eigenvalue weighted by atomic mass is 10.2. The third-order valence-electron chi connectivity index (χ3n) is 3.28. The van der Waals surface area contributed by atoms with Gasteiger partial charge in [0, 0.05) is 35.7 Å². The van der Waals surface area contributed by atoms with Crippen LogP contribution >= 0.6 is 11.8 Å². The molecular weight excluding hydrogens is 228 g/mol. The Kier molecular flexibility index (Phi) is 3.18. The normalized spacial score (nSPS) is 15.6. The molecule has 0 bridgehead atoms. The van der Waals surface area contributed by atoms with E-state index < -0.39 is 0 Å². The Labute approximate surface area is 106 Å². The zero-order valence-corrected chi connectivity index (χ0v) is 10.7. The van der Waals surface area contributed by atoms with E-state index in [1.165, 1.54) is 42.4 Å². The first-order valence-electron chi connectivity index (χ1n) is 6.17. The highest BCUT2D eigenvalue weighted by atomic mass is 32.2. The Balaban J connectivity index is 1.70. The molecule has 1 aromatic heterocycles. The molecule has 1 aliphatic heterocycles. The summed E-state index contributed by atoms with van der Waals surface area (Å²) in [5, 5.41) is 1.36. The molecule has 2 aromatic rings. The molecule has 17 heavy (non-hydrogen) atoms. The van der Waals surface area contributed by atoms with Gasteiger partial charge in [0.25, 0.3) is 0 Å². The van der Waals surface area contributed by atoms with Gasteiger partial charge in [-0.1, -0.05) is 30.0 Å². The fraction of sp³-hybridized carbons (Fsp3) is 0.357. The topological polar surface area (TPSA) is 18.8 Å². The molecule has 2 nitrogen and oxygen atoms in total. The number of thioether (sulfide) groups is 1. The van der Waals surface area contributed by atoms with Crippen molar-refractivity contribution in [2.75, 3.05) is 13.1 Å². The van der Waals surface area contributed by atoms with Gasteiger partial charge in [0.2, 0.25) is 0 Å². The summed E-state index contributed by atoms with van der Waals surface area (Å²) in [5.41, 5.74) is 4.94. The molecule has 0 spiro atoms. The highest BCUT2D eigenvalue weighted by Crippen LogP contribution is 2.21. The molecule has 0 radical (unpaired) electrons. The number of H-pyrrole nitrogens is 1. The minimum absolute atomic E-state index is 1.06. The van der Waals surface area contributed by atoms with Crippen LogP contribution in [0.5, 0.6) is 0 Å². The van der Waals surface area contributed by atoms with Gasteiger partial charge in [-0.2, -0.15) is 0 Å². The number of nitrogens with one attached hydrogen (secondary N) is 1. The van der Waals surface area contributed by atoms with E-state index in [-0.39, 0.29) is 0 Å². The number of rotatable bonds is 3. The van der Waals surface area contributed by atoms with Gasteiger partial charge in [-0.25, -0.2) is 4.58 Å². The Bertz CT molecular complexity index is 534. The fourth-order valence-corrected chi connectivity index (χ4v) is 3.25. The van der Waals surface area contributed by atoms with E-state index in [1.54, 1.807) is 0 Å². The molecule has 1 aliphatic rings. The van der Waals surface area contributed by atoms with Gasteiger partial charge in [0.1, 0.15) is 13.1 Å². The Morgan fingerprint density at radius 1 is 1.24 bits per heavy atom. The van der Waals surface area contributed by atoms with E-state index in [0.29, 0.717) is 0 Å². The summed E-state index contributed by atoms with van der Waals surface area (Å²) in [5.74, 6) is 1.06.